The van der Waals surface area contributed by atoms with E-state index in [-0.39, 0.29) is 12.4 Å². The molecule has 0 bridgehead atoms. The molecule has 2 aromatic carbocycles. The van der Waals surface area contributed by atoms with Crippen LogP contribution >= 0.6 is 12.4 Å². The summed E-state index contributed by atoms with van der Waals surface area (Å²) in [7, 11) is 4.06. The first kappa shape index (κ1) is 18.6. The quantitative estimate of drug-likeness (QED) is 0.546. The summed E-state index contributed by atoms with van der Waals surface area (Å²) in [6.07, 6.45) is 3.52. The Labute approximate surface area is 164 Å². The van der Waals surface area contributed by atoms with Crippen molar-refractivity contribution in [2.24, 2.45) is 0 Å². The molecule has 2 aromatic heterocycles. The van der Waals surface area contributed by atoms with E-state index < -0.39 is 0 Å². The zero-order chi connectivity index (χ0) is 17.9. The summed E-state index contributed by atoms with van der Waals surface area (Å²) in [6.45, 7) is 0. The van der Waals surface area contributed by atoms with Crippen LogP contribution in [0.2, 0.25) is 0 Å². The van der Waals surface area contributed by atoms with Crippen LogP contribution in [-0.4, -0.2) is 29.0 Å². The number of nitrogens with zero attached hydrogens (tertiary/aromatic N) is 4. The van der Waals surface area contributed by atoms with Gasteiger partial charge in [-0.05, 0) is 48.5 Å². The maximum Gasteiger partial charge on any atom is 0.163 e. The Hall–Kier alpha value is -3.18. The molecule has 6 heteroatoms. The van der Waals surface area contributed by atoms with Crippen LogP contribution in [0.15, 0.2) is 73.1 Å². The monoisotopic (exact) mass is 377 g/mol. The lowest BCUT2D eigenvalue weighted by Gasteiger charge is -2.14. The van der Waals surface area contributed by atoms with Gasteiger partial charge in [-0.1, -0.05) is 12.1 Å². The van der Waals surface area contributed by atoms with Gasteiger partial charge in [0.15, 0.2) is 5.82 Å². The molecule has 0 unspecified atom stereocenters. The van der Waals surface area contributed by atoms with Crippen molar-refractivity contribution in [3.63, 3.8) is 0 Å². The highest BCUT2D eigenvalue weighted by molar-refractivity contribution is 5.92. The van der Waals surface area contributed by atoms with Gasteiger partial charge in [0.2, 0.25) is 0 Å². The van der Waals surface area contributed by atoms with E-state index >= 15 is 0 Å². The topological polar surface area (TPSA) is 53.9 Å². The van der Waals surface area contributed by atoms with Crippen LogP contribution in [0.25, 0.3) is 22.3 Å². The third kappa shape index (κ3) is 3.99. The van der Waals surface area contributed by atoms with Crippen LogP contribution in [0.1, 0.15) is 0 Å². The van der Waals surface area contributed by atoms with Crippen molar-refractivity contribution >= 4 is 40.5 Å². The highest BCUT2D eigenvalue weighted by Gasteiger charge is 2.10. The van der Waals surface area contributed by atoms with E-state index in [0.717, 1.165) is 33.7 Å². The van der Waals surface area contributed by atoms with Crippen LogP contribution in [0.4, 0.5) is 17.2 Å². The van der Waals surface area contributed by atoms with Gasteiger partial charge < -0.3 is 10.2 Å². The molecule has 0 radical (unpaired) electrons. The molecule has 4 aromatic rings. The van der Waals surface area contributed by atoms with Gasteiger partial charge in [0, 0.05) is 48.8 Å². The average Bonchev–Trinajstić information content (AvgIpc) is 2.69. The summed E-state index contributed by atoms with van der Waals surface area (Å²) < 4.78 is 0. The van der Waals surface area contributed by atoms with E-state index in [1.807, 2.05) is 50.5 Å². The molecule has 0 aliphatic carbocycles. The van der Waals surface area contributed by atoms with E-state index in [1.54, 1.807) is 12.4 Å². The highest BCUT2D eigenvalue weighted by atomic mass is 35.5. The minimum atomic E-state index is 0. The Morgan fingerprint density at radius 1 is 0.852 bits per heavy atom. The molecule has 27 heavy (non-hydrogen) atoms. The summed E-state index contributed by atoms with van der Waals surface area (Å²) in [6, 6.07) is 20.1. The Morgan fingerprint density at radius 2 is 1.63 bits per heavy atom. The second-order valence-electron chi connectivity index (χ2n) is 6.22. The average molecular weight is 378 g/mol. The molecule has 0 saturated carbocycles. The molecule has 4 rings (SSSR count). The van der Waals surface area contributed by atoms with Crippen molar-refractivity contribution in [3.05, 3.63) is 73.1 Å². The number of benzene rings is 2. The summed E-state index contributed by atoms with van der Waals surface area (Å²) in [4.78, 5) is 15.7. The first-order valence-corrected chi connectivity index (χ1v) is 8.42. The van der Waals surface area contributed by atoms with Gasteiger partial charge in [-0.3, -0.25) is 4.98 Å². The summed E-state index contributed by atoms with van der Waals surface area (Å²) in [5.41, 5.74) is 3.92. The first-order chi connectivity index (χ1) is 12.7. The molecule has 136 valence electrons. The fourth-order valence-electron chi connectivity index (χ4n) is 2.78. The number of hydrogen-bond acceptors (Lipinski definition) is 5. The van der Waals surface area contributed by atoms with E-state index in [0.29, 0.717) is 5.82 Å². The van der Waals surface area contributed by atoms with Crippen LogP contribution in [0.5, 0.6) is 0 Å². The Kier molecular flexibility index (Phi) is 5.52. The van der Waals surface area contributed by atoms with Crippen molar-refractivity contribution in [1.29, 1.82) is 0 Å². The Balaban J connectivity index is 0.00000210. The van der Waals surface area contributed by atoms with Crippen molar-refractivity contribution in [1.82, 2.24) is 15.0 Å². The third-order valence-electron chi connectivity index (χ3n) is 4.17. The summed E-state index contributed by atoms with van der Waals surface area (Å²) >= 11 is 0. The molecular weight excluding hydrogens is 358 g/mol. The van der Waals surface area contributed by atoms with Crippen molar-refractivity contribution < 1.29 is 0 Å². The number of nitrogens with one attached hydrogen (secondary N) is 1. The second kappa shape index (κ2) is 8.01. The zero-order valence-corrected chi connectivity index (χ0v) is 15.9. The molecule has 5 nitrogen and oxygen atoms in total. The van der Waals surface area contributed by atoms with E-state index in [9.17, 15) is 0 Å². The Morgan fingerprint density at radius 3 is 2.33 bits per heavy atom. The molecular formula is C21H20ClN5. The first-order valence-electron chi connectivity index (χ1n) is 8.42. The SMILES string of the molecule is CN(C)c1ccc(Nc2nc(-c3cccnc3)nc3ccccc23)cc1.Cl. The number of hydrogen-bond donors (Lipinski definition) is 1. The molecule has 0 aliphatic rings. The molecule has 1 N–H and O–H groups in total. The second-order valence-corrected chi connectivity index (χ2v) is 6.22. The van der Waals surface area contributed by atoms with E-state index in [1.165, 1.54) is 0 Å². The minimum Gasteiger partial charge on any atom is -0.378 e. The van der Waals surface area contributed by atoms with Gasteiger partial charge in [0.05, 0.1) is 5.52 Å². The predicted octanol–water partition coefficient (Wildman–Crippen LogP) is 4.92. The number of fused-ring (bicyclic) bond motifs is 1. The van der Waals surface area contributed by atoms with Gasteiger partial charge >= 0.3 is 0 Å². The fraction of sp³-hybridized carbons (Fsp3) is 0.0952. The lowest BCUT2D eigenvalue weighted by atomic mass is 10.2. The number of para-hydroxylation sites is 1. The normalized spacial score (nSPS) is 10.3. The molecule has 0 fully saturated rings. The highest BCUT2D eigenvalue weighted by Crippen LogP contribution is 2.27. The lowest BCUT2D eigenvalue weighted by molar-refractivity contribution is 1.13. The molecule has 0 amide bonds. The molecule has 0 saturated heterocycles. The van der Waals surface area contributed by atoms with Crippen molar-refractivity contribution in [3.8, 4) is 11.4 Å². The van der Waals surface area contributed by atoms with E-state index in [4.69, 9.17) is 4.98 Å². The van der Waals surface area contributed by atoms with Crippen molar-refractivity contribution in [2.75, 3.05) is 24.3 Å². The number of anilines is 3. The van der Waals surface area contributed by atoms with Crippen molar-refractivity contribution in [2.45, 2.75) is 0 Å². The molecule has 2 heterocycles. The van der Waals surface area contributed by atoms with Crippen LogP contribution in [-0.2, 0) is 0 Å². The lowest BCUT2D eigenvalue weighted by Crippen LogP contribution is -2.08. The Bertz CT molecular complexity index is 1030. The fourth-order valence-corrected chi connectivity index (χ4v) is 2.78. The maximum absolute atomic E-state index is 4.75. The summed E-state index contributed by atoms with van der Waals surface area (Å²) in [5, 5.41) is 4.42. The van der Waals surface area contributed by atoms with Gasteiger partial charge in [0.1, 0.15) is 5.82 Å². The third-order valence-corrected chi connectivity index (χ3v) is 4.17. The minimum absolute atomic E-state index is 0. The summed E-state index contributed by atoms with van der Waals surface area (Å²) in [5.74, 6) is 1.44. The van der Waals surface area contributed by atoms with Crippen LogP contribution in [0, 0.1) is 0 Å². The molecule has 0 aliphatic heterocycles. The molecule has 0 atom stereocenters. The van der Waals surface area contributed by atoms with Gasteiger partial charge in [0.25, 0.3) is 0 Å². The molecule has 0 spiro atoms. The zero-order valence-electron chi connectivity index (χ0n) is 15.1. The van der Waals surface area contributed by atoms with Gasteiger partial charge in [-0.2, -0.15) is 0 Å². The van der Waals surface area contributed by atoms with Crippen LogP contribution < -0.4 is 10.2 Å². The number of rotatable bonds is 4. The van der Waals surface area contributed by atoms with Crippen LogP contribution in [0.3, 0.4) is 0 Å². The van der Waals surface area contributed by atoms with Gasteiger partial charge in [-0.25, -0.2) is 9.97 Å². The number of halogens is 1. The maximum atomic E-state index is 4.75. The largest absolute Gasteiger partial charge is 0.378 e. The number of aromatic nitrogens is 3. The predicted molar refractivity (Wildman–Crippen MR) is 114 cm³/mol. The van der Waals surface area contributed by atoms with Gasteiger partial charge in [-0.15, -0.1) is 12.4 Å². The van der Waals surface area contributed by atoms with E-state index in [2.05, 4.69) is 44.5 Å². The number of pyridine rings is 1. The smallest absolute Gasteiger partial charge is 0.163 e. The standard InChI is InChI=1S/C21H19N5.ClH/c1-26(2)17-11-9-16(10-12-17)23-21-18-7-3-4-8-19(18)24-20(25-21)15-6-5-13-22-14-15;/h3-14H,1-2H3,(H,23,24,25);1H.